The minimum absolute atomic E-state index is 0.135. The van der Waals surface area contributed by atoms with Gasteiger partial charge in [0.1, 0.15) is 5.78 Å². The Morgan fingerprint density at radius 2 is 1.95 bits per heavy atom. The van der Waals surface area contributed by atoms with Gasteiger partial charge >= 0.3 is 5.69 Å². The summed E-state index contributed by atoms with van der Waals surface area (Å²) in [6.07, 6.45) is 0.471. The van der Waals surface area contributed by atoms with E-state index in [4.69, 9.17) is 4.74 Å². The van der Waals surface area contributed by atoms with Crippen LogP contribution in [0.15, 0.2) is 18.2 Å². The van der Waals surface area contributed by atoms with Crippen molar-refractivity contribution in [3.05, 3.63) is 33.9 Å². The first-order valence-electron chi connectivity index (χ1n) is 7.14. The molecule has 118 valence electrons. The molecule has 1 aromatic carbocycles. The summed E-state index contributed by atoms with van der Waals surface area (Å²) in [6, 6.07) is 4.19. The van der Waals surface area contributed by atoms with E-state index in [1.54, 1.807) is 18.7 Å². The highest BCUT2D eigenvalue weighted by Gasteiger charge is 2.25. The largest absolute Gasteiger partial charge is 0.484 e. The van der Waals surface area contributed by atoms with E-state index in [1.807, 2.05) is 0 Å². The monoisotopic (exact) mass is 306 g/mol. The van der Waals surface area contributed by atoms with Gasteiger partial charge in [0.25, 0.3) is 5.91 Å². The number of ether oxygens (including phenoxy) is 1. The number of Topliss-reactive ketones (excluding diaryl/α,β-unsaturated/α-hetero) is 1. The number of likely N-dealkylation sites (tertiary alicyclic amines) is 1. The predicted octanol–water partition coefficient (Wildman–Crippen LogP) is 2.19. The first kappa shape index (κ1) is 15.9. The van der Waals surface area contributed by atoms with Crippen LogP contribution >= 0.6 is 0 Å². The molecule has 0 spiro atoms. The highest BCUT2D eigenvalue weighted by atomic mass is 16.6. The number of hydrogen-bond donors (Lipinski definition) is 0. The quantitative estimate of drug-likeness (QED) is 0.628. The lowest BCUT2D eigenvalue weighted by Crippen LogP contribution is -2.38. The SMILES string of the molecule is CC(C)Oc1ccc(C(=O)N2CCC(=O)CC2)cc1[N+](=O)[O-]. The van der Waals surface area contributed by atoms with E-state index in [0.29, 0.717) is 25.9 Å². The van der Waals surface area contributed by atoms with Crippen LogP contribution in [0.3, 0.4) is 0 Å². The first-order valence-corrected chi connectivity index (χ1v) is 7.14. The minimum Gasteiger partial charge on any atom is -0.484 e. The maximum Gasteiger partial charge on any atom is 0.311 e. The van der Waals surface area contributed by atoms with E-state index in [1.165, 1.54) is 18.2 Å². The molecule has 0 bridgehead atoms. The molecular weight excluding hydrogens is 288 g/mol. The number of ketones is 1. The zero-order chi connectivity index (χ0) is 16.3. The standard InChI is InChI=1S/C15H18N2O5/c1-10(2)22-14-4-3-11(9-13(14)17(20)21)15(19)16-7-5-12(18)6-8-16/h3-4,9-10H,5-8H2,1-2H3. The minimum atomic E-state index is -0.561. The number of piperidine rings is 1. The van der Waals surface area contributed by atoms with E-state index >= 15 is 0 Å². The number of benzene rings is 1. The fourth-order valence-corrected chi connectivity index (χ4v) is 2.29. The van der Waals surface area contributed by atoms with Crippen molar-refractivity contribution in [2.24, 2.45) is 0 Å². The van der Waals surface area contributed by atoms with Gasteiger partial charge in [-0.25, -0.2) is 0 Å². The normalized spacial score (nSPS) is 15.0. The number of rotatable bonds is 4. The molecule has 0 saturated carbocycles. The van der Waals surface area contributed by atoms with Gasteiger partial charge in [-0.05, 0) is 26.0 Å². The van der Waals surface area contributed by atoms with Gasteiger partial charge in [-0.2, -0.15) is 0 Å². The smallest absolute Gasteiger partial charge is 0.311 e. The van der Waals surface area contributed by atoms with Crippen LogP contribution < -0.4 is 4.74 Å². The molecule has 1 saturated heterocycles. The van der Waals surface area contributed by atoms with Crippen LogP contribution in [0.1, 0.15) is 37.0 Å². The Labute approximate surface area is 128 Å². The van der Waals surface area contributed by atoms with Crippen LogP contribution in [0.2, 0.25) is 0 Å². The lowest BCUT2D eigenvalue weighted by atomic mass is 10.1. The third-order valence-electron chi connectivity index (χ3n) is 3.37. The fourth-order valence-electron chi connectivity index (χ4n) is 2.29. The second-order valence-corrected chi connectivity index (χ2v) is 5.44. The van der Waals surface area contributed by atoms with E-state index in [0.717, 1.165) is 0 Å². The molecule has 0 N–H and O–H groups in total. The van der Waals surface area contributed by atoms with Crippen molar-refractivity contribution >= 4 is 17.4 Å². The Balaban J connectivity index is 2.24. The van der Waals surface area contributed by atoms with Gasteiger partial charge in [-0.15, -0.1) is 0 Å². The first-order chi connectivity index (χ1) is 10.4. The number of nitrogens with zero attached hydrogens (tertiary/aromatic N) is 2. The molecule has 1 amide bonds. The lowest BCUT2D eigenvalue weighted by Gasteiger charge is -2.26. The van der Waals surface area contributed by atoms with E-state index in [-0.39, 0.29) is 34.8 Å². The Kier molecular flexibility index (Phi) is 4.75. The molecule has 1 aromatic rings. The Morgan fingerprint density at radius 3 is 2.50 bits per heavy atom. The molecule has 0 aromatic heterocycles. The van der Waals surface area contributed by atoms with Crippen molar-refractivity contribution in [2.75, 3.05) is 13.1 Å². The molecule has 0 unspecified atom stereocenters. The van der Waals surface area contributed by atoms with Crippen molar-refractivity contribution in [3.63, 3.8) is 0 Å². The van der Waals surface area contributed by atoms with E-state index < -0.39 is 4.92 Å². The maximum absolute atomic E-state index is 12.4. The summed E-state index contributed by atoms with van der Waals surface area (Å²) in [5, 5.41) is 11.2. The number of amides is 1. The van der Waals surface area contributed by atoms with Crippen molar-refractivity contribution in [3.8, 4) is 5.75 Å². The summed E-state index contributed by atoms with van der Waals surface area (Å²) < 4.78 is 5.39. The van der Waals surface area contributed by atoms with Gasteiger partial charge in [-0.3, -0.25) is 19.7 Å². The fraction of sp³-hybridized carbons (Fsp3) is 0.467. The molecule has 2 rings (SSSR count). The molecule has 1 fully saturated rings. The van der Waals surface area contributed by atoms with Crippen molar-refractivity contribution in [1.29, 1.82) is 0 Å². The summed E-state index contributed by atoms with van der Waals surface area (Å²) in [4.78, 5) is 35.7. The van der Waals surface area contributed by atoms with Crippen molar-refractivity contribution in [1.82, 2.24) is 4.90 Å². The Morgan fingerprint density at radius 1 is 1.32 bits per heavy atom. The third kappa shape index (κ3) is 3.60. The Bertz CT molecular complexity index is 602. The number of carbonyl (C=O) groups excluding carboxylic acids is 2. The average Bonchev–Trinajstić information content (AvgIpc) is 2.47. The Hall–Kier alpha value is -2.44. The summed E-state index contributed by atoms with van der Waals surface area (Å²) in [5.74, 6) is -0.0206. The van der Waals surface area contributed by atoms with Gasteiger partial charge < -0.3 is 9.64 Å². The van der Waals surface area contributed by atoms with Crippen LogP contribution in [0, 0.1) is 10.1 Å². The predicted molar refractivity (Wildman–Crippen MR) is 79.0 cm³/mol. The number of carbonyl (C=O) groups is 2. The molecular formula is C15H18N2O5. The molecule has 1 heterocycles. The molecule has 1 aliphatic heterocycles. The zero-order valence-electron chi connectivity index (χ0n) is 12.6. The zero-order valence-corrected chi connectivity index (χ0v) is 12.6. The highest BCUT2D eigenvalue weighted by Crippen LogP contribution is 2.29. The number of nitro benzene ring substituents is 1. The number of nitro groups is 1. The van der Waals surface area contributed by atoms with Gasteiger partial charge in [0, 0.05) is 37.6 Å². The molecule has 22 heavy (non-hydrogen) atoms. The third-order valence-corrected chi connectivity index (χ3v) is 3.37. The van der Waals surface area contributed by atoms with E-state index in [2.05, 4.69) is 0 Å². The lowest BCUT2D eigenvalue weighted by molar-refractivity contribution is -0.386. The van der Waals surface area contributed by atoms with Crippen LogP contribution in [-0.4, -0.2) is 40.7 Å². The molecule has 0 radical (unpaired) electrons. The number of hydrogen-bond acceptors (Lipinski definition) is 5. The van der Waals surface area contributed by atoms with Crippen LogP contribution in [-0.2, 0) is 4.79 Å². The summed E-state index contributed by atoms with van der Waals surface area (Å²) in [7, 11) is 0. The molecule has 0 atom stereocenters. The maximum atomic E-state index is 12.4. The second-order valence-electron chi connectivity index (χ2n) is 5.44. The van der Waals surface area contributed by atoms with Gasteiger partial charge in [-0.1, -0.05) is 0 Å². The second kappa shape index (κ2) is 6.55. The van der Waals surface area contributed by atoms with Crippen molar-refractivity contribution < 1.29 is 19.2 Å². The molecule has 7 nitrogen and oxygen atoms in total. The molecule has 1 aliphatic rings. The van der Waals surface area contributed by atoms with Crippen LogP contribution in [0.25, 0.3) is 0 Å². The van der Waals surface area contributed by atoms with Crippen molar-refractivity contribution in [2.45, 2.75) is 32.8 Å². The van der Waals surface area contributed by atoms with E-state index in [9.17, 15) is 19.7 Å². The summed E-state index contributed by atoms with van der Waals surface area (Å²) in [5.41, 5.74) is 0.00444. The van der Waals surface area contributed by atoms with Crippen LogP contribution in [0.4, 0.5) is 5.69 Å². The summed E-state index contributed by atoms with van der Waals surface area (Å²) in [6.45, 7) is 4.26. The van der Waals surface area contributed by atoms with Gasteiger partial charge in [0.15, 0.2) is 5.75 Å². The average molecular weight is 306 g/mol. The van der Waals surface area contributed by atoms with Gasteiger partial charge in [0.2, 0.25) is 0 Å². The highest BCUT2D eigenvalue weighted by molar-refractivity contribution is 5.96. The molecule has 7 heteroatoms. The molecule has 0 aliphatic carbocycles. The van der Waals surface area contributed by atoms with Crippen LogP contribution in [0.5, 0.6) is 5.75 Å². The summed E-state index contributed by atoms with van der Waals surface area (Å²) >= 11 is 0. The topological polar surface area (TPSA) is 89.8 Å². The van der Waals surface area contributed by atoms with Gasteiger partial charge in [0.05, 0.1) is 11.0 Å².